The molecule has 158 valence electrons. The number of rotatable bonds is 8. The van der Waals surface area contributed by atoms with Gasteiger partial charge >= 0.3 is 0 Å². The second-order valence-corrected chi connectivity index (χ2v) is 8.00. The van der Waals surface area contributed by atoms with Crippen LogP contribution in [0.3, 0.4) is 0 Å². The van der Waals surface area contributed by atoms with Gasteiger partial charge in [0.05, 0.1) is 6.54 Å². The molecule has 7 nitrogen and oxygen atoms in total. The number of hydrogen-bond acceptors (Lipinski definition) is 5. The first-order chi connectivity index (χ1) is 14.7. The zero-order valence-corrected chi connectivity index (χ0v) is 17.6. The Kier molecular flexibility index (Phi) is 6.59. The number of carbonyl (C=O) groups is 1. The molecule has 1 saturated heterocycles. The minimum absolute atomic E-state index is 0.115. The number of carbonyl (C=O) groups excluding carboxylic acids is 1. The van der Waals surface area contributed by atoms with Gasteiger partial charge in [0.1, 0.15) is 5.82 Å². The summed E-state index contributed by atoms with van der Waals surface area (Å²) in [6.45, 7) is 3.93. The van der Waals surface area contributed by atoms with Crippen molar-refractivity contribution in [3.63, 3.8) is 0 Å². The number of likely N-dealkylation sites (tertiary alicyclic amines) is 1. The topological polar surface area (TPSA) is 65.8 Å². The van der Waals surface area contributed by atoms with Gasteiger partial charge in [-0.05, 0) is 56.6 Å². The highest BCUT2D eigenvalue weighted by Gasteiger charge is 2.25. The zero-order chi connectivity index (χ0) is 20.8. The Morgan fingerprint density at radius 3 is 2.67 bits per heavy atom. The van der Waals surface area contributed by atoms with Crippen molar-refractivity contribution in [1.29, 1.82) is 0 Å². The summed E-state index contributed by atoms with van der Waals surface area (Å²) in [5.74, 6) is 1.55. The number of amides is 1. The highest BCUT2D eigenvalue weighted by molar-refractivity contribution is 5.78. The first kappa shape index (κ1) is 20.3. The summed E-state index contributed by atoms with van der Waals surface area (Å²) >= 11 is 0. The van der Waals surface area contributed by atoms with Crippen LogP contribution >= 0.6 is 0 Å². The number of aromatic nitrogens is 3. The third kappa shape index (κ3) is 4.97. The summed E-state index contributed by atoms with van der Waals surface area (Å²) in [4.78, 5) is 16.8. The largest absolute Gasteiger partial charge is 0.375 e. The standard InChI is InChI=1S/C23H30N6O/c1-27(20-8-3-2-4-9-20)14-7-13-24-22(30)18-28-16-11-19(12-17-28)23-26-25-21-10-5-6-15-29(21)23/h2-6,8-10,15,19H,7,11-14,16-18H2,1H3,(H,24,30). The van der Waals surface area contributed by atoms with E-state index in [0.29, 0.717) is 19.0 Å². The van der Waals surface area contributed by atoms with Crippen LogP contribution in [0.4, 0.5) is 5.69 Å². The van der Waals surface area contributed by atoms with Crippen molar-refractivity contribution in [2.24, 2.45) is 0 Å². The van der Waals surface area contributed by atoms with E-state index in [-0.39, 0.29) is 5.91 Å². The molecule has 0 bridgehead atoms. The summed E-state index contributed by atoms with van der Waals surface area (Å²) in [5, 5.41) is 11.7. The van der Waals surface area contributed by atoms with Gasteiger partial charge in [-0.1, -0.05) is 24.3 Å². The predicted octanol–water partition coefficient (Wildman–Crippen LogP) is 2.55. The molecule has 0 saturated carbocycles. The molecule has 0 spiro atoms. The third-order valence-corrected chi connectivity index (χ3v) is 5.85. The molecule has 1 aliphatic heterocycles. The Morgan fingerprint density at radius 1 is 1.10 bits per heavy atom. The molecule has 1 N–H and O–H groups in total. The highest BCUT2D eigenvalue weighted by atomic mass is 16.2. The molecule has 3 heterocycles. The summed E-state index contributed by atoms with van der Waals surface area (Å²) in [5.41, 5.74) is 2.10. The van der Waals surface area contributed by atoms with E-state index in [1.165, 1.54) is 5.69 Å². The van der Waals surface area contributed by atoms with E-state index < -0.39 is 0 Å². The Balaban J connectivity index is 1.16. The fraction of sp³-hybridized carbons (Fsp3) is 0.435. The van der Waals surface area contributed by atoms with Crippen LogP contribution in [-0.4, -0.2) is 65.2 Å². The van der Waals surface area contributed by atoms with E-state index in [1.54, 1.807) is 0 Å². The van der Waals surface area contributed by atoms with E-state index in [4.69, 9.17) is 0 Å². The predicted molar refractivity (Wildman–Crippen MR) is 119 cm³/mol. The van der Waals surface area contributed by atoms with Crippen LogP contribution in [0.1, 0.15) is 31.0 Å². The average Bonchev–Trinajstić information content (AvgIpc) is 3.22. The van der Waals surface area contributed by atoms with Crippen LogP contribution in [0.5, 0.6) is 0 Å². The van der Waals surface area contributed by atoms with E-state index in [0.717, 1.165) is 50.4 Å². The maximum atomic E-state index is 12.3. The highest BCUT2D eigenvalue weighted by Crippen LogP contribution is 2.26. The molecule has 2 aromatic heterocycles. The number of para-hydroxylation sites is 1. The fourth-order valence-electron chi connectivity index (χ4n) is 4.10. The lowest BCUT2D eigenvalue weighted by Crippen LogP contribution is -2.41. The fourth-order valence-corrected chi connectivity index (χ4v) is 4.10. The molecule has 0 atom stereocenters. The van der Waals surface area contributed by atoms with Crippen LogP contribution in [-0.2, 0) is 4.79 Å². The molecular formula is C23H30N6O. The third-order valence-electron chi connectivity index (χ3n) is 5.85. The molecule has 1 aromatic carbocycles. The van der Waals surface area contributed by atoms with Crippen LogP contribution < -0.4 is 10.2 Å². The number of piperidine rings is 1. The van der Waals surface area contributed by atoms with Crippen LogP contribution in [0.15, 0.2) is 54.7 Å². The lowest BCUT2D eigenvalue weighted by atomic mass is 9.96. The normalized spacial score (nSPS) is 15.4. The van der Waals surface area contributed by atoms with Gasteiger partial charge in [-0.3, -0.25) is 14.1 Å². The van der Waals surface area contributed by atoms with Gasteiger partial charge in [-0.2, -0.15) is 0 Å². The zero-order valence-electron chi connectivity index (χ0n) is 17.6. The van der Waals surface area contributed by atoms with Gasteiger partial charge in [-0.15, -0.1) is 10.2 Å². The summed E-state index contributed by atoms with van der Waals surface area (Å²) < 4.78 is 2.08. The Morgan fingerprint density at radius 2 is 1.87 bits per heavy atom. The van der Waals surface area contributed by atoms with Crippen LogP contribution in [0, 0.1) is 0 Å². The van der Waals surface area contributed by atoms with Crippen molar-refractivity contribution in [1.82, 2.24) is 24.8 Å². The van der Waals surface area contributed by atoms with Gasteiger partial charge in [0.15, 0.2) is 5.65 Å². The number of hydrogen-bond donors (Lipinski definition) is 1. The molecule has 1 aliphatic rings. The maximum Gasteiger partial charge on any atom is 0.234 e. The van der Waals surface area contributed by atoms with Gasteiger partial charge in [0, 0.05) is 37.9 Å². The summed E-state index contributed by atoms with van der Waals surface area (Å²) in [7, 11) is 2.08. The first-order valence-electron chi connectivity index (χ1n) is 10.8. The molecule has 3 aromatic rings. The lowest BCUT2D eigenvalue weighted by molar-refractivity contribution is -0.122. The number of anilines is 1. The summed E-state index contributed by atoms with van der Waals surface area (Å²) in [6, 6.07) is 16.3. The van der Waals surface area contributed by atoms with E-state index in [1.807, 2.05) is 42.6 Å². The molecule has 0 unspecified atom stereocenters. The van der Waals surface area contributed by atoms with Gasteiger partial charge in [0.2, 0.25) is 5.91 Å². The number of benzene rings is 1. The molecule has 0 radical (unpaired) electrons. The number of nitrogens with one attached hydrogen (secondary N) is 1. The average molecular weight is 407 g/mol. The van der Waals surface area contributed by atoms with E-state index >= 15 is 0 Å². The van der Waals surface area contributed by atoms with Crippen molar-refractivity contribution < 1.29 is 4.79 Å². The number of pyridine rings is 1. The second-order valence-electron chi connectivity index (χ2n) is 8.00. The van der Waals surface area contributed by atoms with Gasteiger partial charge in [0.25, 0.3) is 0 Å². The van der Waals surface area contributed by atoms with Crippen molar-refractivity contribution in [2.45, 2.75) is 25.2 Å². The molecule has 7 heteroatoms. The Bertz CT molecular complexity index is 948. The monoisotopic (exact) mass is 406 g/mol. The Labute approximate surface area is 177 Å². The molecule has 1 fully saturated rings. The minimum Gasteiger partial charge on any atom is -0.375 e. The first-order valence-corrected chi connectivity index (χ1v) is 10.8. The van der Waals surface area contributed by atoms with Crippen LogP contribution in [0.25, 0.3) is 5.65 Å². The Hall–Kier alpha value is -2.93. The van der Waals surface area contributed by atoms with Crippen LogP contribution in [0.2, 0.25) is 0 Å². The smallest absolute Gasteiger partial charge is 0.234 e. The van der Waals surface area contributed by atoms with Gasteiger partial charge in [-0.25, -0.2) is 0 Å². The summed E-state index contributed by atoms with van der Waals surface area (Å²) in [6.07, 6.45) is 4.97. The molecule has 1 amide bonds. The lowest BCUT2D eigenvalue weighted by Gasteiger charge is -2.30. The SMILES string of the molecule is CN(CCCNC(=O)CN1CCC(c2nnc3ccccn23)CC1)c1ccccc1. The second kappa shape index (κ2) is 9.71. The molecule has 30 heavy (non-hydrogen) atoms. The number of fused-ring (bicyclic) bond motifs is 1. The van der Waals surface area contributed by atoms with E-state index in [9.17, 15) is 4.79 Å². The van der Waals surface area contributed by atoms with Crippen molar-refractivity contribution in [3.05, 3.63) is 60.6 Å². The van der Waals surface area contributed by atoms with Crippen molar-refractivity contribution >= 4 is 17.2 Å². The molecule has 0 aliphatic carbocycles. The minimum atomic E-state index is 0.115. The van der Waals surface area contributed by atoms with Crippen molar-refractivity contribution in [3.8, 4) is 0 Å². The van der Waals surface area contributed by atoms with E-state index in [2.05, 4.69) is 48.9 Å². The molecular weight excluding hydrogens is 376 g/mol. The maximum absolute atomic E-state index is 12.3. The quantitative estimate of drug-likeness (QED) is 0.583. The van der Waals surface area contributed by atoms with Gasteiger partial charge < -0.3 is 10.2 Å². The van der Waals surface area contributed by atoms with Crippen molar-refractivity contribution in [2.75, 3.05) is 44.7 Å². The molecule has 4 rings (SSSR count). The number of nitrogens with zero attached hydrogens (tertiary/aromatic N) is 5.